The van der Waals surface area contributed by atoms with Crippen molar-refractivity contribution < 1.29 is 9.18 Å². The lowest BCUT2D eigenvalue weighted by Crippen LogP contribution is -2.49. The summed E-state index contributed by atoms with van der Waals surface area (Å²) in [5, 5.41) is 6.03. The van der Waals surface area contributed by atoms with E-state index in [9.17, 15) is 9.18 Å². The summed E-state index contributed by atoms with van der Waals surface area (Å²) < 4.78 is 13.4. The van der Waals surface area contributed by atoms with Crippen LogP contribution in [0.1, 0.15) is 24.2 Å². The molecule has 0 aromatic heterocycles. The molecular weight excluding hydrogens is 243 g/mol. The normalized spacial score (nSPS) is 11.4. The molecule has 17 heavy (non-hydrogen) atoms. The van der Waals surface area contributed by atoms with Crippen LogP contribution in [0.3, 0.4) is 0 Å². The Morgan fingerprint density at radius 3 is 2.71 bits per heavy atom. The van der Waals surface area contributed by atoms with Crippen molar-refractivity contribution in [3.63, 3.8) is 0 Å². The van der Waals surface area contributed by atoms with Gasteiger partial charge in [0.2, 0.25) is 0 Å². The first kappa shape index (κ1) is 13.9. The van der Waals surface area contributed by atoms with Crippen LogP contribution in [0.5, 0.6) is 0 Å². The molecule has 0 fully saturated rings. The number of amides is 1. The topological polar surface area (TPSA) is 41.1 Å². The summed E-state index contributed by atoms with van der Waals surface area (Å²) in [7, 11) is 1.79. The van der Waals surface area contributed by atoms with Crippen molar-refractivity contribution in [3.05, 3.63) is 34.6 Å². The molecular formula is C12H16ClFN2O. The van der Waals surface area contributed by atoms with Crippen LogP contribution in [0.2, 0.25) is 5.02 Å². The van der Waals surface area contributed by atoms with Crippen molar-refractivity contribution >= 4 is 17.5 Å². The maximum atomic E-state index is 13.4. The van der Waals surface area contributed by atoms with E-state index in [0.717, 1.165) is 0 Å². The van der Waals surface area contributed by atoms with E-state index in [2.05, 4.69) is 10.6 Å². The Kier molecular flexibility index (Phi) is 4.48. The lowest BCUT2D eigenvalue weighted by atomic mass is 10.0. The zero-order chi connectivity index (χ0) is 13.1. The van der Waals surface area contributed by atoms with E-state index in [0.29, 0.717) is 11.6 Å². The second-order valence-electron chi connectivity index (χ2n) is 4.49. The van der Waals surface area contributed by atoms with Gasteiger partial charge in [-0.15, -0.1) is 0 Å². The van der Waals surface area contributed by atoms with Crippen LogP contribution in [0.15, 0.2) is 18.2 Å². The third-order valence-electron chi connectivity index (χ3n) is 2.24. The number of hydrogen-bond acceptors (Lipinski definition) is 2. The molecule has 0 spiro atoms. The number of benzene rings is 1. The molecule has 94 valence electrons. The first-order valence-electron chi connectivity index (χ1n) is 5.28. The molecule has 0 unspecified atom stereocenters. The number of carbonyl (C=O) groups is 1. The van der Waals surface area contributed by atoms with Crippen LogP contribution in [0.4, 0.5) is 4.39 Å². The van der Waals surface area contributed by atoms with Crippen molar-refractivity contribution in [2.45, 2.75) is 19.4 Å². The van der Waals surface area contributed by atoms with Crippen molar-refractivity contribution in [1.82, 2.24) is 10.6 Å². The van der Waals surface area contributed by atoms with E-state index in [4.69, 9.17) is 11.6 Å². The molecule has 1 amide bonds. The average Bonchev–Trinajstić information content (AvgIpc) is 2.20. The molecule has 0 saturated heterocycles. The van der Waals surface area contributed by atoms with Crippen molar-refractivity contribution in [2.75, 3.05) is 13.6 Å². The van der Waals surface area contributed by atoms with Gasteiger partial charge in [-0.05, 0) is 39.1 Å². The summed E-state index contributed by atoms with van der Waals surface area (Å²) in [6.07, 6.45) is 0. The van der Waals surface area contributed by atoms with Gasteiger partial charge in [-0.25, -0.2) is 4.39 Å². The third-order valence-corrected chi connectivity index (χ3v) is 2.48. The first-order valence-corrected chi connectivity index (χ1v) is 5.66. The minimum atomic E-state index is -0.577. The average molecular weight is 259 g/mol. The Morgan fingerprint density at radius 1 is 1.47 bits per heavy atom. The molecule has 0 aliphatic carbocycles. The Morgan fingerprint density at radius 2 is 2.12 bits per heavy atom. The molecule has 2 N–H and O–H groups in total. The van der Waals surface area contributed by atoms with Gasteiger partial charge in [0.1, 0.15) is 5.82 Å². The van der Waals surface area contributed by atoms with Crippen molar-refractivity contribution in [3.8, 4) is 0 Å². The minimum Gasteiger partial charge on any atom is -0.346 e. The Labute approximate surface area is 105 Å². The van der Waals surface area contributed by atoms with E-state index in [1.54, 1.807) is 7.05 Å². The number of rotatable bonds is 4. The summed E-state index contributed by atoms with van der Waals surface area (Å²) in [6.45, 7) is 4.29. The van der Waals surface area contributed by atoms with E-state index < -0.39 is 17.3 Å². The summed E-state index contributed by atoms with van der Waals surface area (Å²) in [5.41, 5.74) is -0.498. The van der Waals surface area contributed by atoms with Gasteiger partial charge >= 0.3 is 0 Å². The van der Waals surface area contributed by atoms with Crippen LogP contribution in [0, 0.1) is 5.82 Å². The highest BCUT2D eigenvalue weighted by atomic mass is 35.5. The first-order chi connectivity index (χ1) is 7.85. The lowest BCUT2D eigenvalue weighted by molar-refractivity contribution is 0.0909. The second kappa shape index (κ2) is 5.47. The molecule has 1 aromatic carbocycles. The van der Waals surface area contributed by atoms with Gasteiger partial charge in [0.05, 0.1) is 5.56 Å². The fraction of sp³-hybridized carbons (Fsp3) is 0.417. The van der Waals surface area contributed by atoms with Crippen LogP contribution >= 0.6 is 11.6 Å². The Bertz CT molecular complexity index is 421. The van der Waals surface area contributed by atoms with Gasteiger partial charge in [0, 0.05) is 17.1 Å². The van der Waals surface area contributed by atoms with E-state index in [1.807, 2.05) is 13.8 Å². The highest BCUT2D eigenvalue weighted by Gasteiger charge is 2.22. The van der Waals surface area contributed by atoms with Gasteiger partial charge < -0.3 is 10.6 Å². The molecule has 0 aliphatic heterocycles. The van der Waals surface area contributed by atoms with E-state index in [1.165, 1.54) is 18.2 Å². The molecule has 0 bridgehead atoms. The molecule has 5 heteroatoms. The molecule has 0 aliphatic rings. The van der Waals surface area contributed by atoms with Gasteiger partial charge in [0.15, 0.2) is 0 Å². The molecule has 0 radical (unpaired) electrons. The molecule has 0 atom stereocenters. The van der Waals surface area contributed by atoms with E-state index >= 15 is 0 Å². The van der Waals surface area contributed by atoms with Gasteiger partial charge in [-0.1, -0.05) is 11.6 Å². The summed E-state index contributed by atoms with van der Waals surface area (Å²) in [4.78, 5) is 11.9. The van der Waals surface area contributed by atoms with Crippen LogP contribution in [-0.4, -0.2) is 25.0 Å². The largest absolute Gasteiger partial charge is 0.346 e. The predicted octanol–water partition coefficient (Wildman–Crippen LogP) is 2.21. The quantitative estimate of drug-likeness (QED) is 0.869. The van der Waals surface area contributed by atoms with Gasteiger partial charge in [-0.3, -0.25) is 4.79 Å². The Hall–Kier alpha value is -1.13. The zero-order valence-electron chi connectivity index (χ0n) is 10.1. The maximum Gasteiger partial charge on any atom is 0.254 e. The standard InChI is InChI=1S/C12H16ClFN2O/c1-12(2,7-15-3)16-11(17)9-6-8(13)4-5-10(9)14/h4-6,15H,7H2,1-3H3,(H,16,17). The van der Waals surface area contributed by atoms with Crippen LogP contribution in [0.25, 0.3) is 0 Å². The van der Waals surface area contributed by atoms with Crippen LogP contribution in [-0.2, 0) is 0 Å². The fourth-order valence-corrected chi connectivity index (χ4v) is 1.70. The smallest absolute Gasteiger partial charge is 0.254 e. The van der Waals surface area contributed by atoms with Gasteiger partial charge in [-0.2, -0.15) is 0 Å². The fourth-order valence-electron chi connectivity index (χ4n) is 1.53. The SMILES string of the molecule is CNCC(C)(C)NC(=O)c1cc(Cl)ccc1F. The number of likely N-dealkylation sites (N-methyl/N-ethyl adjacent to an activating group) is 1. The molecule has 1 rings (SSSR count). The predicted molar refractivity (Wildman–Crippen MR) is 66.9 cm³/mol. The Balaban J connectivity index is 2.86. The molecule has 1 aromatic rings. The maximum absolute atomic E-state index is 13.4. The van der Waals surface area contributed by atoms with Crippen molar-refractivity contribution in [1.29, 1.82) is 0 Å². The highest BCUT2D eigenvalue weighted by molar-refractivity contribution is 6.31. The molecule has 0 saturated carbocycles. The second-order valence-corrected chi connectivity index (χ2v) is 4.93. The number of halogens is 2. The molecule has 3 nitrogen and oxygen atoms in total. The van der Waals surface area contributed by atoms with Crippen LogP contribution < -0.4 is 10.6 Å². The summed E-state index contributed by atoms with van der Waals surface area (Å²) >= 11 is 5.73. The van der Waals surface area contributed by atoms with Gasteiger partial charge in [0.25, 0.3) is 5.91 Å². The minimum absolute atomic E-state index is 0.0401. The molecule has 0 heterocycles. The zero-order valence-corrected chi connectivity index (χ0v) is 10.9. The number of hydrogen-bond donors (Lipinski definition) is 2. The third kappa shape index (κ3) is 3.98. The number of carbonyl (C=O) groups excluding carboxylic acids is 1. The monoisotopic (exact) mass is 258 g/mol. The van der Waals surface area contributed by atoms with E-state index in [-0.39, 0.29) is 5.56 Å². The lowest BCUT2D eigenvalue weighted by Gasteiger charge is -2.26. The van der Waals surface area contributed by atoms with Crippen molar-refractivity contribution in [2.24, 2.45) is 0 Å². The summed E-state index contributed by atoms with van der Waals surface area (Å²) in [6, 6.07) is 3.91. The highest BCUT2D eigenvalue weighted by Crippen LogP contribution is 2.15. The summed E-state index contributed by atoms with van der Waals surface area (Å²) in [5.74, 6) is -1.04. The number of nitrogens with one attached hydrogen (secondary N) is 2.